The van der Waals surface area contributed by atoms with Crippen LogP contribution < -0.4 is 4.74 Å². The van der Waals surface area contributed by atoms with E-state index in [2.05, 4.69) is 9.97 Å². The Balaban J connectivity index is 1.26. The zero-order valence-corrected chi connectivity index (χ0v) is 17.1. The summed E-state index contributed by atoms with van der Waals surface area (Å²) >= 11 is 0. The molecule has 162 valence electrons. The van der Waals surface area contributed by atoms with Gasteiger partial charge in [-0.2, -0.15) is 0 Å². The average molecular weight is 432 g/mol. The molecule has 0 aliphatic carbocycles. The van der Waals surface area contributed by atoms with Crippen molar-refractivity contribution in [3.8, 4) is 28.3 Å². The molecule has 0 bridgehead atoms. The fourth-order valence-electron chi connectivity index (χ4n) is 4.43. The number of fused-ring (bicyclic) bond motifs is 2. The summed E-state index contributed by atoms with van der Waals surface area (Å²) in [5.74, 6) is 0.0487. The van der Waals surface area contributed by atoms with Gasteiger partial charge in [0.25, 0.3) is 0 Å². The molecule has 2 aromatic carbocycles. The zero-order valence-electron chi connectivity index (χ0n) is 17.1. The number of benzene rings is 2. The molecule has 0 radical (unpaired) electrons. The highest BCUT2D eigenvalue weighted by Gasteiger charge is 2.48. The van der Waals surface area contributed by atoms with Crippen molar-refractivity contribution in [3.63, 3.8) is 0 Å². The second-order valence-corrected chi connectivity index (χ2v) is 8.15. The lowest BCUT2D eigenvalue weighted by Crippen LogP contribution is -2.34. The van der Waals surface area contributed by atoms with Crippen LogP contribution in [0.2, 0.25) is 0 Å². The van der Waals surface area contributed by atoms with Crippen LogP contribution in [-0.2, 0) is 9.47 Å². The fourth-order valence-corrected chi connectivity index (χ4v) is 4.43. The van der Waals surface area contributed by atoms with Gasteiger partial charge in [0.1, 0.15) is 24.0 Å². The van der Waals surface area contributed by atoms with Crippen molar-refractivity contribution in [2.75, 3.05) is 13.2 Å². The molecule has 2 fully saturated rings. The molecule has 4 atom stereocenters. The van der Waals surface area contributed by atoms with Gasteiger partial charge in [-0.15, -0.1) is 0 Å². The minimum Gasteiger partial charge on any atom is -0.470 e. The normalized spacial score (nSPS) is 24.7. The summed E-state index contributed by atoms with van der Waals surface area (Å²) in [4.78, 5) is 7.60. The number of rotatable bonds is 4. The topological polar surface area (TPSA) is 76.6 Å². The lowest BCUT2D eigenvalue weighted by atomic mass is 10.0. The Kier molecular flexibility index (Phi) is 4.68. The van der Waals surface area contributed by atoms with E-state index in [9.17, 15) is 9.50 Å². The van der Waals surface area contributed by atoms with Crippen LogP contribution in [0.25, 0.3) is 33.4 Å². The number of halogens is 1. The molecule has 1 unspecified atom stereocenters. The smallest absolute Gasteiger partial charge is 0.193 e. The van der Waals surface area contributed by atoms with E-state index in [1.165, 1.54) is 6.07 Å². The third kappa shape index (κ3) is 3.35. The number of H-pyrrole nitrogens is 1. The quantitative estimate of drug-likeness (QED) is 0.511. The summed E-state index contributed by atoms with van der Waals surface area (Å²) in [6.07, 6.45) is -1.67. The summed E-state index contributed by atoms with van der Waals surface area (Å²) in [6.45, 7) is 0.559. The molecular formula is C25H21FN2O4. The summed E-state index contributed by atoms with van der Waals surface area (Å²) in [5, 5.41) is 9.88. The van der Waals surface area contributed by atoms with Gasteiger partial charge in [0.2, 0.25) is 0 Å². The molecule has 2 aliphatic rings. The predicted molar refractivity (Wildman–Crippen MR) is 117 cm³/mol. The Hall–Kier alpha value is -3.26. The fraction of sp³-hybridized carbons (Fsp3) is 0.240. The minimum absolute atomic E-state index is 0.237. The first-order valence-electron chi connectivity index (χ1n) is 10.6. The highest BCUT2D eigenvalue weighted by molar-refractivity contribution is 5.81. The second-order valence-electron chi connectivity index (χ2n) is 8.15. The molecule has 2 N–H and O–H groups in total. The maximum atomic E-state index is 14.9. The highest BCUT2D eigenvalue weighted by atomic mass is 19.1. The Morgan fingerprint density at radius 2 is 1.62 bits per heavy atom. The van der Waals surface area contributed by atoms with Gasteiger partial charge in [-0.1, -0.05) is 54.6 Å². The van der Waals surface area contributed by atoms with Crippen LogP contribution in [0.4, 0.5) is 4.39 Å². The van der Waals surface area contributed by atoms with Crippen LogP contribution in [0.1, 0.15) is 0 Å². The molecule has 0 spiro atoms. The van der Waals surface area contributed by atoms with Gasteiger partial charge in [-0.05, 0) is 11.1 Å². The van der Waals surface area contributed by atoms with Gasteiger partial charge in [0, 0.05) is 17.7 Å². The predicted octanol–water partition coefficient (Wildman–Crippen LogP) is 3.94. The van der Waals surface area contributed by atoms with E-state index in [0.717, 1.165) is 11.1 Å². The highest BCUT2D eigenvalue weighted by Crippen LogP contribution is 2.32. The van der Waals surface area contributed by atoms with Crippen molar-refractivity contribution >= 4 is 11.0 Å². The van der Waals surface area contributed by atoms with Gasteiger partial charge < -0.3 is 24.3 Å². The van der Waals surface area contributed by atoms with E-state index >= 15 is 0 Å². The number of nitrogens with zero attached hydrogens (tertiary/aromatic N) is 1. The molecule has 2 aliphatic heterocycles. The molecule has 7 heteroatoms. The standard InChI is InChI=1S/C25H21FN2O4/c26-17-10-18-19(11-22(27-18)32-21-13-31-24-20(29)12-30-25(21)24)28-23(17)16-8-6-15(7-9-16)14-4-2-1-3-5-14/h1-11,20-21,24-25,27,29H,12-13H2/t20-,21-,24?,25-/m1/s1. The van der Waals surface area contributed by atoms with E-state index in [1.54, 1.807) is 6.07 Å². The molecule has 32 heavy (non-hydrogen) atoms. The second kappa shape index (κ2) is 7.70. The van der Waals surface area contributed by atoms with Crippen molar-refractivity contribution in [2.45, 2.75) is 24.4 Å². The Labute approximate surface area is 183 Å². The van der Waals surface area contributed by atoms with Crippen LogP contribution in [0, 0.1) is 5.82 Å². The van der Waals surface area contributed by atoms with Gasteiger partial charge >= 0.3 is 0 Å². The molecule has 2 aromatic heterocycles. The van der Waals surface area contributed by atoms with Gasteiger partial charge in [0.05, 0.1) is 24.2 Å². The number of hydrogen-bond donors (Lipinski definition) is 2. The Morgan fingerprint density at radius 3 is 2.44 bits per heavy atom. The minimum atomic E-state index is -0.636. The maximum absolute atomic E-state index is 14.9. The van der Waals surface area contributed by atoms with E-state index in [4.69, 9.17) is 14.2 Å². The molecule has 0 saturated carbocycles. The van der Waals surface area contributed by atoms with Crippen LogP contribution in [0.3, 0.4) is 0 Å². The number of aromatic amines is 1. The number of ether oxygens (including phenoxy) is 3. The van der Waals surface area contributed by atoms with E-state index in [1.807, 2.05) is 54.6 Å². The largest absolute Gasteiger partial charge is 0.470 e. The lowest BCUT2D eigenvalue weighted by molar-refractivity contribution is 0.00794. The van der Waals surface area contributed by atoms with Gasteiger partial charge in [-0.25, -0.2) is 9.37 Å². The SMILES string of the molecule is O[C@@H]1CO[C@H]2C1OC[C@H]2Oc1cc2nc(-c3ccc(-c4ccccc4)cc3)c(F)cc2[nH]1. The Bertz CT molecular complexity index is 1260. The average Bonchev–Trinajstić information content (AvgIpc) is 3.51. The summed E-state index contributed by atoms with van der Waals surface area (Å²) < 4.78 is 32.1. The van der Waals surface area contributed by atoms with Crippen LogP contribution in [0.15, 0.2) is 66.7 Å². The van der Waals surface area contributed by atoms with Crippen molar-refractivity contribution in [1.82, 2.24) is 9.97 Å². The summed E-state index contributed by atoms with van der Waals surface area (Å²) in [6, 6.07) is 20.9. The number of pyridine rings is 1. The zero-order chi connectivity index (χ0) is 21.7. The Morgan fingerprint density at radius 1 is 0.906 bits per heavy atom. The summed E-state index contributed by atoms with van der Waals surface area (Å²) in [5.41, 5.74) is 4.30. The van der Waals surface area contributed by atoms with Crippen molar-refractivity contribution in [3.05, 3.63) is 72.5 Å². The monoisotopic (exact) mass is 432 g/mol. The summed E-state index contributed by atoms with van der Waals surface area (Å²) in [7, 11) is 0. The van der Waals surface area contributed by atoms with Crippen LogP contribution in [0.5, 0.6) is 5.88 Å². The lowest BCUT2D eigenvalue weighted by Gasteiger charge is -2.16. The molecule has 4 aromatic rings. The first-order chi connectivity index (χ1) is 15.7. The van der Waals surface area contributed by atoms with E-state index in [-0.39, 0.29) is 30.6 Å². The first kappa shape index (κ1) is 19.4. The molecule has 4 heterocycles. The third-order valence-electron chi connectivity index (χ3n) is 6.06. The number of aromatic nitrogens is 2. The number of hydrogen-bond acceptors (Lipinski definition) is 5. The molecule has 0 amide bonds. The number of nitrogens with one attached hydrogen (secondary N) is 1. The molecule has 2 saturated heterocycles. The van der Waals surface area contributed by atoms with Gasteiger partial charge in [-0.3, -0.25) is 0 Å². The van der Waals surface area contributed by atoms with Crippen LogP contribution in [-0.4, -0.2) is 52.7 Å². The maximum Gasteiger partial charge on any atom is 0.193 e. The van der Waals surface area contributed by atoms with Gasteiger partial charge in [0.15, 0.2) is 17.8 Å². The van der Waals surface area contributed by atoms with Crippen molar-refractivity contribution < 1.29 is 23.7 Å². The van der Waals surface area contributed by atoms with E-state index < -0.39 is 11.9 Å². The molecular weight excluding hydrogens is 411 g/mol. The number of aliphatic hydroxyl groups is 1. The third-order valence-corrected chi connectivity index (χ3v) is 6.06. The molecule has 6 rings (SSSR count). The number of aliphatic hydroxyl groups excluding tert-OH is 1. The molecule has 6 nitrogen and oxygen atoms in total. The van der Waals surface area contributed by atoms with Crippen LogP contribution >= 0.6 is 0 Å². The van der Waals surface area contributed by atoms with Crippen molar-refractivity contribution in [2.24, 2.45) is 0 Å². The van der Waals surface area contributed by atoms with E-state index in [0.29, 0.717) is 29.1 Å². The van der Waals surface area contributed by atoms with Crippen molar-refractivity contribution in [1.29, 1.82) is 0 Å². The first-order valence-corrected chi connectivity index (χ1v) is 10.6.